The van der Waals surface area contributed by atoms with Gasteiger partial charge in [0.25, 0.3) is 0 Å². The van der Waals surface area contributed by atoms with Crippen LogP contribution in [0.1, 0.15) is 29.9 Å². The number of nitrogens with zero attached hydrogens (tertiary/aromatic N) is 1. The Bertz CT molecular complexity index is 963. The van der Waals surface area contributed by atoms with Gasteiger partial charge in [0, 0.05) is 11.9 Å². The van der Waals surface area contributed by atoms with E-state index in [9.17, 15) is 4.79 Å². The van der Waals surface area contributed by atoms with Crippen LogP contribution in [0.3, 0.4) is 0 Å². The molecule has 0 spiro atoms. The summed E-state index contributed by atoms with van der Waals surface area (Å²) in [6.45, 7) is 4.85. The number of carbonyl (C=O) groups excluding carboxylic acids is 1. The largest absolute Gasteiger partial charge is 0.493 e. The van der Waals surface area contributed by atoms with Crippen LogP contribution in [0.25, 0.3) is 11.0 Å². The molecule has 0 bridgehead atoms. The maximum atomic E-state index is 12.5. The molecule has 154 valence electrons. The number of nitrogens with one attached hydrogen (secondary N) is 1. The van der Waals surface area contributed by atoms with Crippen molar-refractivity contribution in [3.05, 3.63) is 59.4 Å². The van der Waals surface area contributed by atoms with Gasteiger partial charge in [-0.25, -0.2) is 0 Å². The lowest BCUT2D eigenvalue weighted by Gasteiger charge is -2.20. The van der Waals surface area contributed by atoms with E-state index in [0.29, 0.717) is 18.0 Å². The van der Waals surface area contributed by atoms with Crippen molar-refractivity contribution >= 4 is 16.9 Å². The van der Waals surface area contributed by atoms with Gasteiger partial charge >= 0.3 is 0 Å². The van der Waals surface area contributed by atoms with Crippen LogP contribution in [0, 0.1) is 6.92 Å². The first-order valence-electron chi connectivity index (χ1n) is 9.59. The molecule has 0 aliphatic carbocycles. The Morgan fingerprint density at radius 3 is 2.52 bits per heavy atom. The maximum Gasteiger partial charge on any atom is 0.234 e. The Hall–Kier alpha value is -2.99. The summed E-state index contributed by atoms with van der Waals surface area (Å²) in [5.41, 5.74) is 3.00. The number of rotatable bonds is 8. The third kappa shape index (κ3) is 4.90. The average molecular weight is 396 g/mol. The van der Waals surface area contributed by atoms with Gasteiger partial charge in [0.05, 0.1) is 26.8 Å². The van der Waals surface area contributed by atoms with Crippen molar-refractivity contribution in [2.45, 2.75) is 26.4 Å². The van der Waals surface area contributed by atoms with Crippen LogP contribution in [0.5, 0.6) is 11.5 Å². The number of methoxy groups -OCH3 is 2. The van der Waals surface area contributed by atoms with Crippen molar-refractivity contribution in [3.63, 3.8) is 0 Å². The molecular formula is C23H28N2O4. The summed E-state index contributed by atoms with van der Waals surface area (Å²) in [5, 5.41) is 4.04. The van der Waals surface area contributed by atoms with Gasteiger partial charge in [-0.3, -0.25) is 9.69 Å². The van der Waals surface area contributed by atoms with Gasteiger partial charge < -0.3 is 19.2 Å². The molecule has 0 aliphatic heterocycles. The van der Waals surface area contributed by atoms with Crippen molar-refractivity contribution < 1.29 is 18.7 Å². The Kier molecular flexibility index (Phi) is 6.44. The van der Waals surface area contributed by atoms with E-state index in [1.807, 2.05) is 68.3 Å². The SMILES string of the molecule is COc1cc(C)c(CN(C)CC(=O)N[C@H](C)c2cc3ccccc3o2)cc1OC. The van der Waals surface area contributed by atoms with Crippen molar-refractivity contribution in [2.24, 2.45) is 0 Å². The van der Waals surface area contributed by atoms with E-state index in [2.05, 4.69) is 5.32 Å². The summed E-state index contributed by atoms with van der Waals surface area (Å²) < 4.78 is 16.6. The number of carbonyl (C=O) groups is 1. The Morgan fingerprint density at radius 1 is 1.14 bits per heavy atom. The molecule has 0 fully saturated rings. The molecular weight excluding hydrogens is 368 g/mol. The first kappa shape index (κ1) is 20.7. The number of likely N-dealkylation sites (N-methyl/N-ethyl adjacent to an activating group) is 1. The van der Waals surface area contributed by atoms with Gasteiger partial charge in [0.1, 0.15) is 11.3 Å². The molecule has 2 aromatic carbocycles. The molecule has 3 aromatic rings. The molecule has 0 radical (unpaired) electrons. The van der Waals surface area contributed by atoms with Crippen molar-refractivity contribution in [1.82, 2.24) is 10.2 Å². The maximum absolute atomic E-state index is 12.5. The zero-order chi connectivity index (χ0) is 21.0. The smallest absolute Gasteiger partial charge is 0.234 e. The lowest BCUT2D eigenvalue weighted by molar-refractivity contribution is -0.122. The lowest BCUT2D eigenvalue weighted by Crippen LogP contribution is -2.36. The van der Waals surface area contributed by atoms with Crippen LogP contribution in [0.4, 0.5) is 0 Å². The number of fused-ring (bicyclic) bond motifs is 1. The molecule has 6 nitrogen and oxygen atoms in total. The standard InChI is InChI=1S/C23H28N2O4/c1-15-10-21(27-4)22(28-5)12-18(15)13-25(3)14-23(26)24-16(2)20-11-17-8-6-7-9-19(17)29-20/h6-12,16H,13-14H2,1-5H3,(H,24,26)/t16-/m1/s1. The number of amides is 1. The minimum absolute atomic E-state index is 0.0569. The van der Waals surface area contributed by atoms with Gasteiger partial charge in [-0.05, 0) is 56.3 Å². The average Bonchev–Trinajstić information content (AvgIpc) is 3.13. The topological polar surface area (TPSA) is 63.9 Å². The highest BCUT2D eigenvalue weighted by Gasteiger charge is 2.16. The van der Waals surface area contributed by atoms with E-state index in [1.165, 1.54) is 0 Å². The zero-order valence-corrected chi connectivity index (χ0v) is 17.6. The second-order valence-electron chi connectivity index (χ2n) is 7.28. The van der Waals surface area contributed by atoms with E-state index in [0.717, 1.165) is 27.9 Å². The molecule has 0 saturated carbocycles. The number of hydrogen-bond acceptors (Lipinski definition) is 5. The second kappa shape index (κ2) is 9.01. The minimum atomic E-state index is -0.203. The van der Waals surface area contributed by atoms with E-state index in [-0.39, 0.29) is 18.5 Å². The van der Waals surface area contributed by atoms with Crippen molar-refractivity contribution in [1.29, 1.82) is 0 Å². The molecule has 1 atom stereocenters. The lowest BCUT2D eigenvalue weighted by atomic mass is 10.1. The fourth-order valence-corrected chi connectivity index (χ4v) is 3.36. The summed E-state index contributed by atoms with van der Waals surface area (Å²) in [4.78, 5) is 14.5. The quantitative estimate of drug-likeness (QED) is 0.622. The third-order valence-corrected chi connectivity index (χ3v) is 4.94. The molecule has 1 aromatic heterocycles. The molecule has 1 N–H and O–H groups in total. The minimum Gasteiger partial charge on any atom is -0.493 e. The third-order valence-electron chi connectivity index (χ3n) is 4.94. The fourth-order valence-electron chi connectivity index (χ4n) is 3.36. The summed E-state index contributed by atoms with van der Waals surface area (Å²) >= 11 is 0. The van der Waals surface area contributed by atoms with Crippen LogP contribution in [-0.4, -0.2) is 38.6 Å². The molecule has 0 aliphatic rings. The monoisotopic (exact) mass is 396 g/mol. The Labute approximate surface area is 171 Å². The van der Waals surface area contributed by atoms with Crippen LogP contribution in [0.15, 0.2) is 46.9 Å². The number of benzene rings is 2. The van der Waals surface area contributed by atoms with Crippen LogP contribution in [0.2, 0.25) is 0 Å². The molecule has 1 amide bonds. The number of para-hydroxylation sites is 1. The molecule has 3 rings (SSSR count). The molecule has 29 heavy (non-hydrogen) atoms. The Morgan fingerprint density at radius 2 is 1.83 bits per heavy atom. The fraction of sp³-hybridized carbons (Fsp3) is 0.348. The van der Waals surface area contributed by atoms with E-state index >= 15 is 0 Å². The normalized spacial score (nSPS) is 12.2. The van der Waals surface area contributed by atoms with E-state index < -0.39 is 0 Å². The second-order valence-corrected chi connectivity index (χ2v) is 7.28. The van der Waals surface area contributed by atoms with E-state index in [1.54, 1.807) is 14.2 Å². The van der Waals surface area contributed by atoms with Crippen molar-refractivity contribution in [3.8, 4) is 11.5 Å². The summed E-state index contributed by atoms with van der Waals surface area (Å²) in [5.74, 6) is 2.08. The summed E-state index contributed by atoms with van der Waals surface area (Å²) in [6.07, 6.45) is 0. The summed E-state index contributed by atoms with van der Waals surface area (Å²) in [7, 11) is 5.16. The highest BCUT2D eigenvalue weighted by molar-refractivity contribution is 5.80. The predicted octanol–water partition coefficient (Wildman–Crippen LogP) is 4.07. The molecule has 1 heterocycles. The molecule has 6 heteroatoms. The van der Waals surface area contributed by atoms with Gasteiger partial charge in [-0.1, -0.05) is 18.2 Å². The first-order valence-corrected chi connectivity index (χ1v) is 9.59. The van der Waals surface area contributed by atoms with Gasteiger partial charge in [-0.15, -0.1) is 0 Å². The number of aryl methyl sites for hydroxylation is 1. The van der Waals surface area contributed by atoms with Crippen molar-refractivity contribution in [2.75, 3.05) is 27.8 Å². The van der Waals surface area contributed by atoms with E-state index in [4.69, 9.17) is 13.9 Å². The molecule has 0 saturated heterocycles. The zero-order valence-electron chi connectivity index (χ0n) is 17.6. The van der Waals surface area contributed by atoms with Gasteiger partial charge in [-0.2, -0.15) is 0 Å². The van der Waals surface area contributed by atoms with Crippen LogP contribution < -0.4 is 14.8 Å². The Balaban J connectivity index is 1.60. The highest BCUT2D eigenvalue weighted by atomic mass is 16.5. The summed E-state index contributed by atoms with van der Waals surface area (Å²) in [6, 6.07) is 13.5. The number of ether oxygens (including phenoxy) is 2. The molecule has 0 unspecified atom stereocenters. The first-order chi connectivity index (χ1) is 13.9. The van der Waals surface area contributed by atoms with Crippen LogP contribution in [-0.2, 0) is 11.3 Å². The van der Waals surface area contributed by atoms with Gasteiger partial charge in [0.2, 0.25) is 5.91 Å². The van der Waals surface area contributed by atoms with Gasteiger partial charge in [0.15, 0.2) is 11.5 Å². The van der Waals surface area contributed by atoms with Crippen LogP contribution >= 0.6 is 0 Å². The highest BCUT2D eigenvalue weighted by Crippen LogP contribution is 2.30. The predicted molar refractivity (Wildman–Crippen MR) is 113 cm³/mol. The number of hydrogen-bond donors (Lipinski definition) is 1. The number of furan rings is 1.